The van der Waals surface area contributed by atoms with Gasteiger partial charge in [-0.15, -0.1) is 37.2 Å². The van der Waals surface area contributed by atoms with Crippen molar-refractivity contribution in [3.05, 3.63) is 101 Å². The summed E-state index contributed by atoms with van der Waals surface area (Å²) in [4.78, 5) is 101. The largest absolute Gasteiger partial charge is 0.380 e. The lowest BCUT2D eigenvalue weighted by Gasteiger charge is -2.36. The maximum atomic E-state index is 14.6. The molecular weight excluding hydrogens is 996 g/mol. The SMILES string of the molecule is C#CC[C@H](NC(=O)[C@H](C)NC)C(=O)N1C[C@@H](Nc2ccc(C(=O)N[C@H]3C[C@@H](C(=O)N[C@@H]4CCCc5ccccc54)N(C(=O)[C@@H](NC(=O)[C@H](C)NC)C(C)(C)C)C3)cc2)C[C@H]1C(=O)N[C@@H]1CCCc2ccccc21.Cl.Cl. The van der Waals surface area contributed by atoms with Crippen molar-refractivity contribution >= 4 is 71.9 Å². The van der Waals surface area contributed by atoms with Crippen LogP contribution in [0.4, 0.5) is 5.69 Å². The van der Waals surface area contributed by atoms with E-state index < -0.39 is 71.3 Å². The van der Waals surface area contributed by atoms with Crippen molar-refractivity contribution in [2.75, 3.05) is 32.5 Å². The van der Waals surface area contributed by atoms with Crippen molar-refractivity contribution in [2.24, 2.45) is 5.41 Å². The zero-order chi connectivity index (χ0) is 52.6. The Morgan fingerprint density at radius 3 is 1.64 bits per heavy atom. The van der Waals surface area contributed by atoms with Crippen LogP contribution in [0.1, 0.15) is 124 Å². The number of fused-ring (bicyclic) bond motifs is 2. The lowest BCUT2D eigenvalue weighted by Crippen LogP contribution is -2.59. The van der Waals surface area contributed by atoms with Crippen LogP contribution in [-0.4, -0.2) is 127 Å². The number of halogens is 2. The van der Waals surface area contributed by atoms with Crippen LogP contribution in [0.3, 0.4) is 0 Å². The first-order chi connectivity index (χ1) is 34.9. The molecule has 7 amide bonds. The van der Waals surface area contributed by atoms with E-state index in [4.69, 9.17) is 6.42 Å². The summed E-state index contributed by atoms with van der Waals surface area (Å²) in [5, 5.41) is 24.5. The number of carbonyl (C=O) groups is 7. The minimum absolute atomic E-state index is 0. The molecule has 2 saturated heterocycles. The summed E-state index contributed by atoms with van der Waals surface area (Å²) in [6, 6.07) is 16.6. The predicted molar refractivity (Wildman–Crippen MR) is 294 cm³/mol. The van der Waals surface area contributed by atoms with Gasteiger partial charge in [0.1, 0.15) is 24.2 Å². The third kappa shape index (κ3) is 14.4. The summed E-state index contributed by atoms with van der Waals surface area (Å²) in [7, 11) is 3.31. The maximum Gasteiger partial charge on any atom is 0.251 e. The van der Waals surface area contributed by atoms with Crippen molar-refractivity contribution in [1.82, 2.24) is 47.0 Å². The molecule has 406 valence electrons. The first kappa shape index (κ1) is 59.7. The molecule has 2 heterocycles. The summed E-state index contributed by atoms with van der Waals surface area (Å²) < 4.78 is 0. The van der Waals surface area contributed by atoms with E-state index in [1.54, 1.807) is 52.2 Å². The van der Waals surface area contributed by atoms with Gasteiger partial charge in [-0.1, -0.05) is 69.3 Å². The van der Waals surface area contributed by atoms with Crippen molar-refractivity contribution in [3.8, 4) is 12.3 Å². The Bertz CT molecular complexity index is 2570. The minimum Gasteiger partial charge on any atom is -0.380 e. The number of carbonyl (C=O) groups excluding carboxylic acids is 7. The van der Waals surface area contributed by atoms with Gasteiger partial charge >= 0.3 is 0 Å². The molecule has 7 rings (SSSR count). The van der Waals surface area contributed by atoms with E-state index in [1.807, 2.05) is 57.2 Å². The quantitative estimate of drug-likeness (QED) is 0.0899. The molecule has 8 N–H and O–H groups in total. The smallest absolute Gasteiger partial charge is 0.251 e. The molecule has 2 fully saturated rings. The normalized spacial score (nSPS) is 22.4. The molecule has 0 unspecified atom stereocenters. The number of nitrogens with one attached hydrogen (secondary N) is 8. The van der Waals surface area contributed by atoms with Gasteiger partial charge in [-0.2, -0.15) is 0 Å². The van der Waals surface area contributed by atoms with Gasteiger partial charge in [-0.25, -0.2) is 0 Å². The summed E-state index contributed by atoms with van der Waals surface area (Å²) in [6.45, 7) is 9.16. The number of anilines is 1. The summed E-state index contributed by atoms with van der Waals surface area (Å²) in [5.74, 6) is -0.118. The highest BCUT2D eigenvalue weighted by Crippen LogP contribution is 2.33. The summed E-state index contributed by atoms with van der Waals surface area (Å²) >= 11 is 0. The number of terminal acetylenes is 1. The Balaban J connectivity index is 0.00000520. The Morgan fingerprint density at radius 1 is 0.653 bits per heavy atom. The maximum absolute atomic E-state index is 14.6. The molecule has 75 heavy (non-hydrogen) atoms. The van der Waals surface area contributed by atoms with Crippen molar-refractivity contribution < 1.29 is 33.6 Å². The van der Waals surface area contributed by atoms with Gasteiger partial charge < -0.3 is 52.3 Å². The molecule has 3 aromatic rings. The van der Waals surface area contributed by atoms with Gasteiger partial charge in [-0.3, -0.25) is 33.6 Å². The lowest BCUT2D eigenvalue weighted by atomic mass is 9.85. The molecule has 0 aromatic heterocycles. The molecule has 2 aliphatic carbocycles. The Kier molecular flexibility index (Phi) is 21.1. The highest BCUT2D eigenvalue weighted by molar-refractivity contribution is 5.97. The second kappa shape index (κ2) is 26.5. The first-order valence-electron chi connectivity index (χ1n) is 25.8. The number of amides is 7. The van der Waals surface area contributed by atoms with E-state index in [-0.39, 0.29) is 93.0 Å². The molecular formula is C56H76Cl2N10O7. The number of hydrogen-bond donors (Lipinski definition) is 8. The van der Waals surface area contributed by atoms with E-state index in [9.17, 15) is 33.6 Å². The van der Waals surface area contributed by atoms with Crippen LogP contribution < -0.4 is 42.5 Å². The molecule has 3 aromatic carbocycles. The number of hydrogen-bond acceptors (Lipinski definition) is 10. The second-order valence-electron chi connectivity index (χ2n) is 21.2. The molecule has 0 bridgehead atoms. The van der Waals surface area contributed by atoms with E-state index in [0.29, 0.717) is 11.3 Å². The average molecular weight is 1070 g/mol. The molecule has 0 saturated carbocycles. The fraction of sp³-hybridized carbons (Fsp3) is 0.518. The van der Waals surface area contributed by atoms with E-state index in [2.05, 4.69) is 60.6 Å². The van der Waals surface area contributed by atoms with Gasteiger partial charge in [0.2, 0.25) is 35.4 Å². The molecule has 17 nitrogen and oxygen atoms in total. The van der Waals surface area contributed by atoms with E-state index in [0.717, 1.165) is 49.7 Å². The molecule has 4 aliphatic rings. The van der Waals surface area contributed by atoms with Crippen LogP contribution in [0.5, 0.6) is 0 Å². The topological polar surface area (TPSA) is 222 Å². The van der Waals surface area contributed by atoms with Gasteiger partial charge in [0.25, 0.3) is 5.91 Å². The third-order valence-corrected chi connectivity index (χ3v) is 15.0. The molecule has 10 atom stereocenters. The third-order valence-electron chi connectivity index (χ3n) is 15.0. The van der Waals surface area contributed by atoms with Gasteiger partial charge in [0.15, 0.2) is 0 Å². The molecule has 0 spiro atoms. The number of nitrogens with zero attached hydrogens (tertiary/aromatic N) is 2. The standard InChI is InChI=1S/C56H74N10O7.2ClH/c1-9-16-45(63-49(67)33(2)57-7)54(72)65-31-39(29-46(65)52(70)61-43-23-14-19-35-17-10-12-21-41(35)43)59-38-27-25-37(26-28-38)51(69)60-40-30-47(53(71)62-44-24-15-20-36-18-11-13-22-42(36)44)66(32-40)55(73)48(56(4,5)6)64-50(68)34(3)58-8;;/h1,10-13,17-18,21-22,25-28,33-34,39-40,43-48,57-59H,14-16,19-20,23-24,29-32H2,2-8H3,(H,60,69)(H,61,70)(H,62,71)(H,63,67)(H,64,68);2*1H/t33-,34-,39-,40-,43+,44+,45-,46-,47-,48+;;/m0../s1. The Morgan fingerprint density at radius 2 is 1.13 bits per heavy atom. The zero-order valence-corrected chi connectivity index (χ0v) is 45.8. The Labute approximate surface area is 454 Å². The lowest BCUT2D eigenvalue weighted by molar-refractivity contribution is -0.144. The van der Waals surface area contributed by atoms with Crippen molar-refractivity contribution in [1.29, 1.82) is 0 Å². The van der Waals surface area contributed by atoms with Crippen LogP contribution >= 0.6 is 24.8 Å². The molecule has 0 radical (unpaired) electrons. The van der Waals surface area contributed by atoms with Crippen LogP contribution in [0, 0.1) is 17.8 Å². The minimum atomic E-state index is -1.05. The highest BCUT2D eigenvalue weighted by Gasteiger charge is 2.47. The van der Waals surface area contributed by atoms with Gasteiger partial charge in [-0.05, 0) is 131 Å². The number of aryl methyl sites for hydroxylation is 2. The van der Waals surface area contributed by atoms with E-state index in [1.165, 1.54) is 20.9 Å². The predicted octanol–water partition coefficient (Wildman–Crippen LogP) is 4.25. The summed E-state index contributed by atoms with van der Waals surface area (Å²) in [5.41, 5.74) is 4.76. The zero-order valence-electron chi connectivity index (χ0n) is 44.1. The van der Waals surface area contributed by atoms with Crippen LogP contribution in [0.15, 0.2) is 72.8 Å². The fourth-order valence-electron chi connectivity index (χ4n) is 10.6. The summed E-state index contributed by atoms with van der Waals surface area (Å²) in [6.07, 6.45) is 11.2. The number of rotatable bonds is 17. The van der Waals surface area contributed by atoms with E-state index >= 15 is 0 Å². The Hall–Kier alpha value is -6.19. The number of likely N-dealkylation sites (N-methyl/N-ethyl adjacent to an activating group) is 2. The van der Waals surface area contributed by atoms with Crippen LogP contribution in [-0.2, 0) is 41.6 Å². The second-order valence-corrected chi connectivity index (χ2v) is 21.2. The first-order valence-corrected chi connectivity index (χ1v) is 25.8. The van der Waals surface area contributed by atoms with Crippen molar-refractivity contribution in [3.63, 3.8) is 0 Å². The van der Waals surface area contributed by atoms with Crippen LogP contribution in [0.2, 0.25) is 0 Å². The number of likely N-dealkylation sites (tertiary alicyclic amines) is 2. The molecule has 2 aliphatic heterocycles. The average Bonchev–Trinajstić information content (AvgIpc) is 4.01. The number of benzene rings is 3. The van der Waals surface area contributed by atoms with Crippen molar-refractivity contribution in [2.45, 2.75) is 153 Å². The monoisotopic (exact) mass is 1070 g/mol. The van der Waals surface area contributed by atoms with Gasteiger partial charge in [0, 0.05) is 42.8 Å². The molecule has 19 heteroatoms. The van der Waals surface area contributed by atoms with Crippen LogP contribution in [0.25, 0.3) is 0 Å². The van der Waals surface area contributed by atoms with Gasteiger partial charge in [0.05, 0.1) is 24.2 Å². The highest BCUT2D eigenvalue weighted by atomic mass is 35.5. The fourth-order valence-corrected chi connectivity index (χ4v) is 10.6.